The maximum atomic E-state index is 12.0. The van der Waals surface area contributed by atoms with E-state index in [1.165, 1.54) is 11.3 Å². The second-order valence-electron chi connectivity index (χ2n) is 3.70. The van der Waals surface area contributed by atoms with Gasteiger partial charge in [0.2, 0.25) is 10.0 Å². The summed E-state index contributed by atoms with van der Waals surface area (Å²) in [5.74, 6) is 0.765. The first kappa shape index (κ1) is 13.8. The molecule has 98 valence electrons. The maximum Gasteiger partial charge on any atom is 0.241 e. The van der Waals surface area contributed by atoms with E-state index in [1.807, 2.05) is 6.07 Å². The molecule has 2 rings (SSSR count). The normalized spacial score (nSPS) is 11.9. The van der Waals surface area contributed by atoms with Crippen LogP contribution in [0.1, 0.15) is 10.6 Å². The van der Waals surface area contributed by atoms with Crippen LogP contribution in [0.5, 0.6) is 0 Å². The highest BCUT2D eigenvalue weighted by Crippen LogP contribution is 2.29. The lowest BCUT2D eigenvalue weighted by Gasteiger charge is -2.04. The molecule has 0 aliphatic heterocycles. The minimum absolute atomic E-state index is 0.322. The number of nitrogens with one attached hydrogen (secondary N) is 1. The molecule has 0 aromatic carbocycles. The highest BCUT2D eigenvalue weighted by Gasteiger charge is 2.18. The molecule has 0 aliphatic carbocycles. The molecule has 0 unspecified atom stereocenters. The van der Waals surface area contributed by atoms with Gasteiger partial charge in [-0.2, -0.15) is 0 Å². The van der Waals surface area contributed by atoms with Gasteiger partial charge in [0.15, 0.2) is 0 Å². The SMILES string of the molecule is Cc1sc(Br)cc1S(=O)(=O)NCCc1ccco1. The van der Waals surface area contributed by atoms with Gasteiger partial charge in [0.1, 0.15) is 5.76 Å². The third-order valence-corrected chi connectivity index (χ3v) is 5.65. The van der Waals surface area contributed by atoms with Crippen LogP contribution >= 0.6 is 27.3 Å². The van der Waals surface area contributed by atoms with Gasteiger partial charge in [-0.05, 0) is 41.1 Å². The van der Waals surface area contributed by atoms with E-state index < -0.39 is 10.0 Å². The predicted molar refractivity (Wildman–Crippen MR) is 74.4 cm³/mol. The zero-order valence-electron chi connectivity index (χ0n) is 9.64. The lowest BCUT2D eigenvalue weighted by atomic mass is 10.3. The Morgan fingerprint density at radius 1 is 1.50 bits per heavy atom. The van der Waals surface area contributed by atoms with Crippen LogP contribution in [0.15, 0.2) is 37.6 Å². The van der Waals surface area contributed by atoms with Crippen LogP contribution in [0.2, 0.25) is 0 Å². The molecule has 0 bridgehead atoms. The van der Waals surface area contributed by atoms with Gasteiger partial charge < -0.3 is 4.42 Å². The van der Waals surface area contributed by atoms with Gasteiger partial charge in [0.25, 0.3) is 0 Å². The monoisotopic (exact) mass is 349 g/mol. The summed E-state index contributed by atoms with van der Waals surface area (Å²) < 4.78 is 32.6. The Bertz CT molecular complexity index is 617. The van der Waals surface area contributed by atoms with Gasteiger partial charge in [-0.3, -0.25) is 0 Å². The molecule has 0 atom stereocenters. The number of hydrogen-bond acceptors (Lipinski definition) is 4. The summed E-state index contributed by atoms with van der Waals surface area (Å²) in [6.45, 7) is 2.11. The van der Waals surface area contributed by atoms with Crippen LogP contribution in [-0.2, 0) is 16.4 Å². The molecule has 0 amide bonds. The first-order valence-electron chi connectivity index (χ1n) is 5.27. The Kier molecular flexibility index (Phi) is 4.26. The molecule has 1 N–H and O–H groups in total. The van der Waals surface area contributed by atoms with E-state index in [0.717, 1.165) is 14.4 Å². The summed E-state index contributed by atoms with van der Waals surface area (Å²) in [7, 11) is -3.43. The van der Waals surface area contributed by atoms with Crippen molar-refractivity contribution in [3.8, 4) is 0 Å². The molecule has 0 radical (unpaired) electrons. The molecule has 0 aliphatic rings. The standard InChI is InChI=1S/C11H12BrNO3S2/c1-8-10(7-11(12)17-8)18(14,15)13-5-4-9-3-2-6-16-9/h2-3,6-7,13H,4-5H2,1H3. The number of furan rings is 1. The summed E-state index contributed by atoms with van der Waals surface area (Å²) in [4.78, 5) is 1.10. The van der Waals surface area contributed by atoms with Crippen LogP contribution in [0.3, 0.4) is 0 Å². The van der Waals surface area contributed by atoms with Gasteiger partial charge in [-0.15, -0.1) is 11.3 Å². The van der Waals surface area contributed by atoms with Crippen molar-refractivity contribution in [3.05, 3.63) is 38.9 Å². The third-order valence-electron chi connectivity index (χ3n) is 2.38. The maximum absolute atomic E-state index is 12.0. The van der Waals surface area contributed by atoms with Crippen LogP contribution in [-0.4, -0.2) is 15.0 Å². The number of thiophene rings is 1. The second kappa shape index (κ2) is 5.56. The summed E-state index contributed by atoms with van der Waals surface area (Å²) in [5, 5.41) is 0. The van der Waals surface area contributed by atoms with Crippen molar-refractivity contribution in [1.82, 2.24) is 4.72 Å². The van der Waals surface area contributed by atoms with E-state index in [9.17, 15) is 8.42 Å². The Morgan fingerprint density at radius 2 is 2.28 bits per heavy atom. The smallest absolute Gasteiger partial charge is 0.241 e. The largest absolute Gasteiger partial charge is 0.469 e. The molecule has 0 saturated heterocycles. The van der Waals surface area contributed by atoms with E-state index in [0.29, 0.717) is 17.9 Å². The van der Waals surface area contributed by atoms with Crippen molar-refractivity contribution in [2.75, 3.05) is 6.54 Å². The fraction of sp³-hybridized carbons (Fsp3) is 0.273. The average Bonchev–Trinajstić information content (AvgIpc) is 2.88. The van der Waals surface area contributed by atoms with Crippen molar-refractivity contribution in [2.45, 2.75) is 18.2 Å². The summed E-state index contributed by atoms with van der Waals surface area (Å²) >= 11 is 4.69. The number of halogens is 1. The fourth-order valence-corrected chi connectivity index (χ4v) is 4.98. The molecule has 0 saturated carbocycles. The third kappa shape index (κ3) is 3.23. The van der Waals surface area contributed by atoms with Gasteiger partial charge in [0.05, 0.1) is 14.9 Å². The Balaban J connectivity index is 2.02. The number of aryl methyl sites for hydroxylation is 1. The summed E-state index contributed by atoms with van der Waals surface area (Å²) in [6.07, 6.45) is 2.11. The summed E-state index contributed by atoms with van der Waals surface area (Å²) in [6, 6.07) is 5.22. The van der Waals surface area contributed by atoms with E-state index in [4.69, 9.17) is 4.42 Å². The molecule has 0 spiro atoms. The predicted octanol–water partition coefficient (Wildman–Crippen LogP) is 2.93. The van der Waals surface area contributed by atoms with Gasteiger partial charge in [-0.25, -0.2) is 13.1 Å². The summed E-state index contributed by atoms with van der Waals surface area (Å²) in [5.41, 5.74) is 0. The number of hydrogen-bond donors (Lipinski definition) is 1. The molecule has 7 heteroatoms. The Hall–Kier alpha value is -0.630. The molecule has 18 heavy (non-hydrogen) atoms. The molecule has 2 heterocycles. The lowest BCUT2D eigenvalue weighted by Crippen LogP contribution is -2.26. The fourth-order valence-electron chi connectivity index (χ4n) is 1.54. The van der Waals surface area contributed by atoms with Crippen LogP contribution in [0.4, 0.5) is 0 Å². The van der Waals surface area contributed by atoms with Gasteiger partial charge in [0, 0.05) is 17.8 Å². The molecular formula is C11H12BrNO3S2. The first-order valence-corrected chi connectivity index (χ1v) is 8.36. The molecule has 4 nitrogen and oxygen atoms in total. The van der Waals surface area contributed by atoms with E-state index in [-0.39, 0.29) is 0 Å². The number of rotatable bonds is 5. The van der Waals surface area contributed by atoms with Crippen molar-refractivity contribution in [2.24, 2.45) is 0 Å². The average molecular weight is 350 g/mol. The first-order chi connectivity index (χ1) is 8.49. The van der Waals surface area contributed by atoms with Crippen molar-refractivity contribution in [1.29, 1.82) is 0 Å². The van der Waals surface area contributed by atoms with E-state index >= 15 is 0 Å². The Morgan fingerprint density at radius 3 is 2.83 bits per heavy atom. The van der Waals surface area contributed by atoms with Gasteiger partial charge >= 0.3 is 0 Å². The van der Waals surface area contributed by atoms with Crippen molar-refractivity contribution in [3.63, 3.8) is 0 Å². The highest BCUT2D eigenvalue weighted by molar-refractivity contribution is 9.11. The van der Waals surface area contributed by atoms with E-state index in [2.05, 4.69) is 20.7 Å². The molecular weight excluding hydrogens is 338 g/mol. The van der Waals surface area contributed by atoms with Crippen molar-refractivity contribution < 1.29 is 12.8 Å². The van der Waals surface area contributed by atoms with E-state index in [1.54, 1.807) is 25.3 Å². The molecule has 0 fully saturated rings. The minimum Gasteiger partial charge on any atom is -0.469 e. The van der Waals surface area contributed by atoms with Crippen LogP contribution in [0, 0.1) is 6.92 Å². The minimum atomic E-state index is -3.43. The quantitative estimate of drug-likeness (QED) is 0.902. The van der Waals surface area contributed by atoms with Crippen LogP contribution < -0.4 is 4.72 Å². The van der Waals surface area contributed by atoms with Crippen LogP contribution in [0.25, 0.3) is 0 Å². The Labute approximate surface area is 118 Å². The topological polar surface area (TPSA) is 59.3 Å². The highest BCUT2D eigenvalue weighted by atomic mass is 79.9. The molecule has 2 aromatic rings. The second-order valence-corrected chi connectivity index (χ2v) is 8.07. The zero-order chi connectivity index (χ0) is 13.2. The molecule has 2 aromatic heterocycles. The zero-order valence-corrected chi connectivity index (χ0v) is 12.9. The lowest BCUT2D eigenvalue weighted by molar-refractivity contribution is 0.506. The van der Waals surface area contributed by atoms with Gasteiger partial charge in [-0.1, -0.05) is 0 Å². The number of sulfonamides is 1. The van der Waals surface area contributed by atoms with Crippen molar-refractivity contribution >= 4 is 37.3 Å².